The average molecular weight is 262 g/mol. The molecule has 0 aromatic rings. The third-order valence-electron chi connectivity index (χ3n) is 2.32. The minimum atomic E-state index is -3.54. The minimum Gasteiger partial charge on any atom is -0.228 e. The Morgan fingerprint density at radius 3 is 2.43 bits per heavy atom. The van der Waals surface area contributed by atoms with Crippen molar-refractivity contribution in [3.05, 3.63) is 0 Å². The van der Waals surface area contributed by atoms with E-state index >= 15 is 0 Å². The van der Waals surface area contributed by atoms with Gasteiger partial charge in [0.25, 0.3) is 0 Å². The number of rotatable bonds is 3. The predicted octanol–water partition coefficient (Wildman–Crippen LogP) is -0.322. The molecule has 1 saturated heterocycles. The summed E-state index contributed by atoms with van der Waals surface area (Å²) in [5, 5.41) is -1.21. The Balaban J connectivity index is 2.76. The Morgan fingerprint density at radius 1 is 1.50 bits per heavy atom. The van der Waals surface area contributed by atoms with Crippen LogP contribution < -0.4 is 4.72 Å². The van der Waals surface area contributed by atoms with Crippen molar-refractivity contribution in [1.82, 2.24) is 4.72 Å². The topological polar surface area (TPSA) is 80.3 Å². The van der Waals surface area contributed by atoms with Crippen LogP contribution in [0.2, 0.25) is 0 Å². The van der Waals surface area contributed by atoms with Gasteiger partial charge in [-0.15, -0.1) is 11.6 Å². The summed E-state index contributed by atoms with van der Waals surface area (Å²) in [6.45, 7) is 1.50. The van der Waals surface area contributed by atoms with Crippen LogP contribution >= 0.6 is 11.6 Å². The first kappa shape index (κ1) is 12.2. The highest BCUT2D eigenvalue weighted by Crippen LogP contribution is 2.20. The Hall–Kier alpha value is 0.150. The molecule has 0 aromatic heterocycles. The molecule has 1 aliphatic heterocycles. The molecule has 5 nitrogen and oxygen atoms in total. The molecule has 0 bridgehead atoms. The molecule has 1 heterocycles. The van der Waals surface area contributed by atoms with Gasteiger partial charge in [0.2, 0.25) is 10.0 Å². The van der Waals surface area contributed by atoms with Crippen molar-refractivity contribution in [3.8, 4) is 0 Å². The van der Waals surface area contributed by atoms with E-state index in [0.29, 0.717) is 6.42 Å². The zero-order valence-electron chi connectivity index (χ0n) is 7.60. The fraction of sp³-hybridized carbons (Fsp3) is 1.00. The van der Waals surface area contributed by atoms with E-state index in [2.05, 4.69) is 4.72 Å². The van der Waals surface area contributed by atoms with E-state index < -0.39 is 36.4 Å². The highest BCUT2D eigenvalue weighted by molar-refractivity contribution is 7.92. The summed E-state index contributed by atoms with van der Waals surface area (Å²) < 4.78 is 47.0. The standard InChI is InChI=1S/C6H12ClNO4S2/c1-5-6(2-3-13(5,9)10)8-14(11,12)4-7/h5-6,8H,2-4H2,1H3. The van der Waals surface area contributed by atoms with Crippen molar-refractivity contribution in [2.24, 2.45) is 0 Å². The third kappa shape index (κ3) is 2.59. The molecule has 0 radical (unpaired) electrons. The fourth-order valence-electron chi connectivity index (χ4n) is 1.38. The molecule has 1 fully saturated rings. The van der Waals surface area contributed by atoms with Crippen molar-refractivity contribution in [2.45, 2.75) is 24.6 Å². The maximum Gasteiger partial charge on any atom is 0.225 e. The van der Waals surface area contributed by atoms with Gasteiger partial charge in [0.15, 0.2) is 9.84 Å². The molecule has 2 unspecified atom stereocenters. The van der Waals surface area contributed by atoms with Crippen LogP contribution in [0.15, 0.2) is 0 Å². The molecule has 0 spiro atoms. The zero-order chi connectivity index (χ0) is 11.0. The van der Waals surface area contributed by atoms with Crippen LogP contribution in [0.4, 0.5) is 0 Å². The van der Waals surface area contributed by atoms with E-state index in [4.69, 9.17) is 11.6 Å². The van der Waals surface area contributed by atoms with Gasteiger partial charge in [0, 0.05) is 6.04 Å². The maximum absolute atomic E-state index is 11.3. The Bertz CT molecular complexity index is 402. The second-order valence-corrected chi connectivity index (χ2v) is 8.12. The summed E-state index contributed by atoms with van der Waals surface area (Å²) in [6.07, 6.45) is 0.319. The number of sulfonamides is 1. The van der Waals surface area contributed by atoms with Crippen LogP contribution in [-0.2, 0) is 19.9 Å². The van der Waals surface area contributed by atoms with Gasteiger partial charge in [0.05, 0.1) is 11.0 Å². The van der Waals surface area contributed by atoms with E-state index in [1.54, 1.807) is 0 Å². The summed E-state index contributed by atoms with van der Waals surface area (Å²) >= 11 is 5.19. The summed E-state index contributed by atoms with van der Waals surface area (Å²) in [7, 11) is -6.66. The van der Waals surface area contributed by atoms with Crippen LogP contribution in [0.3, 0.4) is 0 Å². The molecule has 14 heavy (non-hydrogen) atoms. The lowest BCUT2D eigenvalue weighted by molar-refractivity contribution is 0.544. The maximum atomic E-state index is 11.3. The molecule has 8 heteroatoms. The van der Waals surface area contributed by atoms with E-state index in [0.717, 1.165) is 0 Å². The number of hydrogen-bond donors (Lipinski definition) is 1. The molecule has 1 aliphatic rings. The van der Waals surface area contributed by atoms with Crippen LogP contribution in [0.5, 0.6) is 0 Å². The van der Waals surface area contributed by atoms with Gasteiger partial charge in [-0.3, -0.25) is 0 Å². The second-order valence-electron chi connectivity index (χ2n) is 3.31. The largest absolute Gasteiger partial charge is 0.228 e. The highest BCUT2D eigenvalue weighted by atomic mass is 35.5. The third-order valence-corrected chi connectivity index (χ3v) is 6.40. The highest BCUT2D eigenvalue weighted by Gasteiger charge is 2.38. The number of alkyl halides is 1. The summed E-state index contributed by atoms with van der Waals surface area (Å²) in [5.74, 6) is 0.0314. The Labute approximate surface area is 88.8 Å². The monoisotopic (exact) mass is 261 g/mol. The molecule has 1 rings (SSSR count). The van der Waals surface area contributed by atoms with Crippen molar-refractivity contribution in [1.29, 1.82) is 0 Å². The van der Waals surface area contributed by atoms with E-state index in [9.17, 15) is 16.8 Å². The molecule has 0 amide bonds. The molecule has 2 atom stereocenters. The van der Waals surface area contributed by atoms with Crippen LogP contribution in [0, 0.1) is 0 Å². The first-order chi connectivity index (χ1) is 6.28. The predicted molar refractivity (Wildman–Crippen MR) is 54.4 cm³/mol. The summed E-state index contributed by atoms with van der Waals surface area (Å²) in [4.78, 5) is 0. The molecule has 84 valence electrons. The lowest BCUT2D eigenvalue weighted by atomic mass is 10.2. The first-order valence-corrected chi connectivity index (χ1v) is 7.96. The van der Waals surface area contributed by atoms with Gasteiger partial charge in [-0.05, 0) is 13.3 Å². The van der Waals surface area contributed by atoms with Gasteiger partial charge < -0.3 is 0 Å². The van der Waals surface area contributed by atoms with E-state index in [-0.39, 0.29) is 5.75 Å². The number of sulfone groups is 1. The van der Waals surface area contributed by atoms with Gasteiger partial charge >= 0.3 is 0 Å². The summed E-state index contributed by atoms with van der Waals surface area (Å²) in [6, 6.07) is -0.538. The van der Waals surface area contributed by atoms with Gasteiger partial charge in [-0.1, -0.05) is 0 Å². The fourth-order valence-corrected chi connectivity index (χ4v) is 4.16. The Morgan fingerprint density at radius 2 is 2.07 bits per heavy atom. The normalized spacial score (nSPS) is 31.9. The van der Waals surface area contributed by atoms with Crippen LogP contribution in [0.25, 0.3) is 0 Å². The van der Waals surface area contributed by atoms with E-state index in [1.165, 1.54) is 6.92 Å². The van der Waals surface area contributed by atoms with Crippen molar-refractivity contribution < 1.29 is 16.8 Å². The molecular weight excluding hydrogens is 250 g/mol. The molecule has 0 aromatic carbocycles. The first-order valence-electron chi connectivity index (χ1n) is 4.06. The van der Waals surface area contributed by atoms with Crippen molar-refractivity contribution >= 4 is 31.5 Å². The zero-order valence-corrected chi connectivity index (χ0v) is 9.99. The molecule has 1 N–H and O–H groups in total. The van der Waals surface area contributed by atoms with Gasteiger partial charge in [-0.25, -0.2) is 21.6 Å². The Kier molecular flexibility index (Phi) is 3.45. The average Bonchev–Trinajstić information content (AvgIpc) is 2.32. The molecule has 0 saturated carbocycles. The molecular formula is C6H12ClNO4S2. The summed E-state index contributed by atoms with van der Waals surface area (Å²) in [5.41, 5.74) is 0. The molecule has 0 aliphatic carbocycles. The van der Waals surface area contributed by atoms with Gasteiger partial charge in [0.1, 0.15) is 5.21 Å². The lowest BCUT2D eigenvalue weighted by Crippen LogP contribution is -2.40. The van der Waals surface area contributed by atoms with Gasteiger partial charge in [-0.2, -0.15) is 0 Å². The quantitative estimate of drug-likeness (QED) is 0.706. The second kappa shape index (κ2) is 3.96. The minimum absolute atomic E-state index is 0.0314. The van der Waals surface area contributed by atoms with E-state index in [1.807, 2.05) is 0 Å². The number of halogens is 1. The van der Waals surface area contributed by atoms with Crippen molar-refractivity contribution in [2.75, 3.05) is 11.0 Å². The van der Waals surface area contributed by atoms with Crippen LogP contribution in [-0.4, -0.2) is 39.1 Å². The lowest BCUT2D eigenvalue weighted by Gasteiger charge is -2.14. The van der Waals surface area contributed by atoms with Crippen molar-refractivity contribution in [3.63, 3.8) is 0 Å². The number of hydrogen-bond acceptors (Lipinski definition) is 4. The SMILES string of the molecule is CC1C(NS(=O)(=O)CCl)CCS1(=O)=O. The van der Waals surface area contributed by atoms with Crippen LogP contribution in [0.1, 0.15) is 13.3 Å². The number of nitrogens with one attached hydrogen (secondary N) is 1. The smallest absolute Gasteiger partial charge is 0.225 e.